The maximum absolute atomic E-state index is 14.0. The van der Waals surface area contributed by atoms with Crippen LogP contribution in [0.2, 0.25) is 0 Å². The van der Waals surface area contributed by atoms with Crippen LogP contribution in [0.1, 0.15) is 78.6 Å². The van der Waals surface area contributed by atoms with E-state index in [0.29, 0.717) is 57.7 Å². The second-order valence-corrected chi connectivity index (χ2v) is 11.8. The minimum Gasteiger partial charge on any atom is -0.444 e. The molecule has 3 aliphatic heterocycles. The maximum Gasteiger partial charge on any atom is 0.411 e. The SMILES string of the molecule is C#C[C@H](C[C@@H]1CCNC1=O)NC(=O)[C@H](CC1CC1)N1CCC2(CCCCN2C(=O)OC(C)(C)C)C1=O. The van der Waals surface area contributed by atoms with Gasteiger partial charge >= 0.3 is 6.09 Å². The van der Waals surface area contributed by atoms with Crippen LogP contribution in [0, 0.1) is 24.2 Å². The van der Waals surface area contributed by atoms with E-state index in [0.717, 1.165) is 25.7 Å². The highest BCUT2D eigenvalue weighted by Gasteiger charge is 2.56. The van der Waals surface area contributed by atoms with E-state index in [4.69, 9.17) is 11.2 Å². The molecule has 0 radical (unpaired) electrons. The van der Waals surface area contributed by atoms with Crippen LogP contribution in [0.15, 0.2) is 0 Å². The molecule has 4 fully saturated rings. The molecular weight excluding hydrogens is 460 g/mol. The normalized spacial score (nSPS) is 28.0. The van der Waals surface area contributed by atoms with Crippen molar-refractivity contribution in [1.29, 1.82) is 0 Å². The van der Waals surface area contributed by atoms with E-state index in [2.05, 4.69) is 16.6 Å². The number of nitrogens with one attached hydrogen (secondary N) is 2. The first kappa shape index (κ1) is 26.3. The summed E-state index contributed by atoms with van der Waals surface area (Å²) in [5, 5.41) is 5.75. The summed E-state index contributed by atoms with van der Waals surface area (Å²) in [6, 6.07) is -1.22. The molecule has 3 heterocycles. The monoisotopic (exact) mass is 500 g/mol. The van der Waals surface area contributed by atoms with Crippen molar-refractivity contribution in [3.8, 4) is 12.3 Å². The average Bonchev–Trinajstić information content (AvgIpc) is 3.48. The van der Waals surface area contributed by atoms with Gasteiger partial charge in [-0.05, 0) is 71.6 Å². The Labute approximate surface area is 214 Å². The van der Waals surface area contributed by atoms with Crippen molar-refractivity contribution in [1.82, 2.24) is 20.4 Å². The predicted molar refractivity (Wildman–Crippen MR) is 133 cm³/mol. The first-order valence-corrected chi connectivity index (χ1v) is 13.4. The molecule has 4 amide bonds. The van der Waals surface area contributed by atoms with Gasteiger partial charge in [-0.1, -0.05) is 18.8 Å². The fourth-order valence-corrected chi connectivity index (χ4v) is 5.82. The van der Waals surface area contributed by atoms with Crippen LogP contribution < -0.4 is 10.6 Å². The van der Waals surface area contributed by atoms with Crippen molar-refractivity contribution in [2.75, 3.05) is 19.6 Å². The molecule has 0 aromatic heterocycles. The lowest BCUT2D eigenvalue weighted by Crippen LogP contribution is -2.61. The van der Waals surface area contributed by atoms with E-state index in [-0.39, 0.29) is 23.6 Å². The lowest BCUT2D eigenvalue weighted by molar-refractivity contribution is -0.146. The Morgan fingerprint density at radius 3 is 2.53 bits per heavy atom. The number of hydrogen-bond acceptors (Lipinski definition) is 5. The number of carbonyl (C=O) groups excluding carboxylic acids is 4. The summed E-state index contributed by atoms with van der Waals surface area (Å²) in [6.45, 7) is 6.95. The van der Waals surface area contributed by atoms with Gasteiger partial charge in [-0.2, -0.15) is 0 Å². The van der Waals surface area contributed by atoms with Crippen molar-refractivity contribution in [3.63, 3.8) is 0 Å². The van der Waals surface area contributed by atoms with Gasteiger partial charge in [0.15, 0.2) is 0 Å². The Bertz CT molecular complexity index is 933. The standard InChI is InChI=1S/C27H40N4O5/c1-5-20(17-19-10-13-28-22(19)32)29-23(33)21(16-18-8-9-18)30-15-12-27(24(30)34)11-6-7-14-31(27)25(35)36-26(2,3)4/h1,18-21H,6-17H2,2-4H3,(H,28,32)(H,29,33)/t19-,20+,21-,27?/m0/s1. The van der Waals surface area contributed by atoms with Crippen molar-refractivity contribution in [3.05, 3.63) is 0 Å². The molecule has 9 nitrogen and oxygen atoms in total. The van der Waals surface area contributed by atoms with E-state index < -0.39 is 29.3 Å². The zero-order valence-electron chi connectivity index (χ0n) is 21.8. The van der Waals surface area contributed by atoms with Crippen LogP contribution >= 0.6 is 0 Å². The summed E-state index contributed by atoms with van der Waals surface area (Å²) >= 11 is 0. The Morgan fingerprint density at radius 2 is 1.92 bits per heavy atom. The van der Waals surface area contributed by atoms with Gasteiger partial charge in [0.2, 0.25) is 17.7 Å². The summed E-state index contributed by atoms with van der Waals surface area (Å²) in [6.07, 6.45) is 11.7. The van der Waals surface area contributed by atoms with Gasteiger partial charge in [0.25, 0.3) is 0 Å². The van der Waals surface area contributed by atoms with Crippen LogP contribution in [0.3, 0.4) is 0 Å². The van der Waals surface area contributed by atoms with E-state index in [1.807, 2.05) is 20.8 Å². The third-order valence-corrected chi connectivity index (χ3v) is 7.91. The molecule has 1 saturated carbocycles. The first-order valence-electron chi connectivity index (χ1n) is 13.4. The molecule has 4 aliphatic rings. The number of ether oxygens (including phenoxy) is 1. The topological polar surface area (TPSA) is 108 Å². The van der Waals surface area contributed by atoms with E-state index in [1.165, 1.54) is 0 Å². The largest absolute Gasteiger partial charge is 0.444 e. The summed E-state index contributed by atoms with van der Waals surface area (Å²) < 4.78 is 5.65. The summed E-state index contributed by atoms with van der Waals surface area (Å²) in [5.41, 5.74) is -1.62. The molecule has 3 saturated heterocycles. The molecule has 1 aliphatic carbocycles. The minimum atomic E-state index is -0.962. The van der Waals surface area contributed by atoms with E-state index in [9.17, 15) is 19.2 Å². The van der Waals surface area contributed by atoms with Gasteiger partial charge in [0.1, 0.15) is 17.2 Å². The molecule has 9 heteroatoms. The van der Waals surface area contributed by atoms with Crippen molar-refractivity contribution in [2.45, 2.75) is 102 Å². The number of hydrogen-bond donors (Lipinski definition) is 2. The second kappa shape index (κ2) is 10.3. The number of piperidine rings is 1. The third-order valence-electron chi connectivity index (χ3n) is 7.91. The molecule has 2 N–H and O–H groups in total. The molecular formula is C27H40N4O5. The molecule has 1 unspecified atom stereocenters. The van der Waals surface area contributed by atoms with Crippen molar-refractivity contribution < 1.29 is 23.9 Å². The van der Waals surface area contributed by atoms with Crippen LogP contribution in [-0.2, 0) is 19.1 Å². The fraction of sp³-hybridized carbons (Fsp3) is 0.778. The fourth-order valence-electron chi connectivity index (χ4n) is 5.82. The highest BCUT2D eigenvalue weighted by molar-refractivity contribution is 5.96. The molecule has 4 rings (SSSR count). The van der Waals surface area contributed by atoms with Crippen LogP contribution in [-0.4, -0.2) is 76.5 Å². The minimum absolute atomic E-state index is 0.0322. The smallest absolute Gasteiger partial charge is 0.411 e. The highest BCUT2D eigenvalue weighted by atomic mass is 16.6. The van der Waals surface area contributed by atoms with Gasteiger partial charge in [0, 0.05) is 25.6 Å². The number of terminal acetylenes is 1. The Kier molecular flexibility index (Phi) is 7.53. The maximum atomic E-state index is 14.0. The Balaban J connectivity index is 1.50. The number of likely N-dealkylation sites (tertiary alicyclic amines) is 2. The van der Waals surface area contributed by atoms with Crippen molar-refractivity contribution in [2.24, 2.45) is 11.8 Å². The Morgan fingerprint density at radius 1 is 1.17 bits per heavy atom. The lowest BCUT2D eigenvalue weighted by Gasteiger charge is -2.43. The van der Waals surface area contributed by atoms with Crippen LogP contribution in [0.5, 0.6) is 0 Å². The molecule has 198 valence electrons. The number of rotatable bonds is 7. The lowest BCUT2D eigenvalue weighted by atomic mass is 9.85. The zero-order valence-corrected chi connectivity index (χ0v) is 21.8. The molecule has 0 aromatic carbocycles. The zero-order chi connectivity index (χ0) is 26.1. The molecule has 0 aromatic rings. The molecule has 36 heavy (non-hydrogen) atoms. The van der Waals surface area contributed by atoms with Crippen LogP contribution in [0.25, 0.3) is 0 Å². The van der Waals surface area contributed by atoms with Gasteiger partial charge < -0.3 is 20.3 Å². The number of carbonyl (C=O) groups is 4. The quantitative estimate of drug-likeness (QED) is 0.521. The van der Waals surface area contributed by atoms with Crippen molar-refractivity contribution >= 4 is 23.8 Å². The van der Waals surface area contributed by atoms with Gasteiger partial charge in [-0.15, -0.1) is 6.42 Å². The van der Waals surface area contributed by atoms with Gasteiger partial charge in [0.05, 0.1) is 6.04 Å². The average molecular weight is 501 g/mol. The van der Waals surface area contributed by atoms with E-state index in [1.54, 1.807) is 9.80 Å². The summed E-state index contributed by atoms with van der Waals surface area (Å²) in [4.78, 5) is 55.9. The molecule has 1 spiro atoms. The Hall–Kier alpha value is -2.76. The number of amides is 4. The van der Waals surface area contributed by atoms with Crippen LogP contribution in [0.4, 0.5) is 4.79 Å². The molecule has 0 bridgehead atoms. The highest BCUT2D eigenvalue weighted by Crippen LogP contribution is 2.42. The predicted octanol–water partition coefficient (Wildman–Crippen LogP) is 2.19. The summed E-state index contributed by atoms with van der Waals surface area (Å²) in [5.74, 6) is 2.35. The summed E-state index contributed by atoms with van der Waals surface area (Å²) in [7, 11) is 0. The first-order chi connectivity index (χ1) is 17.0. The third kappa shape index (κ3) is 5.63. The van der Waals surface area contributed by atoms with E-state index >= 15 is 0 Å². The molecule has 4 atom stereocenters. The second-order valence-electron chi connectivity index (χ2n) is 11.8. The van der Waals surface area contributed by atoms with Gasteiger partial charge in [-0.3, -0.25) is 19.3 Å². The van der Waals surface area contributed by atoms with Gasteiger partial charge in [-0.25, -0.2) is 4.79 Å². The number of nitrogens with zero attached hydrogens (tertiary/aromatic N) is 2.